The molecule has 4 aliphatic rings. The van der Waals surface area contributed by atoms with Gasteiger partial charge in [-0.3, -0.25) is 9.59 Å². The number of aliphatic hydroxyl groups excluding tert-OH is 2. The van der Waals surface area contributed by atoms with Crippen LogP contribution in [0.5, 0.6) is 0 Å². The highest BCUT2D eigenvalue weighted by Gasteiger charge is 2.70. The van der Waals surface area contributed by atoms with Crippen LogP contribution in [0.25, 0.3) is 0 Å². The van der Waals surface area contributed by atoms with Crippen LogP contribution in [-0.4, -0.2) is 51.4 Å². The Kier molecular flexibility index (Phi) is 4.17. The van der Waals surface area contributed by atoms with Crippen molar-refractivity contribution in [3.8, 4) is 0 Å². The van der Waals surface area contributed by atoms with Crippen molar-refractivity contribution in [2.75, 3.05) is 6.61 Å². The summed E-state index contributed by atoms with van der Waals surface area (Å²) >= 11 is 0. The molecule has 0 aromatic carbocycles. The molecule has 8 atom stereocenters. The number of alkyl halides is 1. The summed E-state index contributed by atoms with van der Waals surface area (Å²) < 4.78 is 15.2. The Morgan fingerprint density at radius 2 is 2.07 bits per heavy atom. The second-order valence-electron chi connectivity index (χ2n) is 9.41. The first-order valence-electron chi connectivity index (χ1n) is 9.83. The third-order valence-electron chi connectivity index (χ3n) is 8.22. The number of hydrogen-bond donors (Lipinski definition) is 3. The van der Waals surface area contributed by atoms with E-state index in [1.807, 2.05) is 6.92 Å². The minimum absolute atomic E-state index is 0.126. The summed E-state index contributed by atoms with van der Waals surface area (Å²) in [5.74, 6) is -1.85. The van der Waals surface area contributed by atoms with E-state index in [9.17, 15) is 24.9 Å². The van der Waals surface area contributed by atoms with Gasteiger partial charge in [0.2, 0.25) is 0 Å². The predicted octanol–water partition coefficient (Wildman–Crippen LogP) is 1.67. The van der Waals surface area contributed by atoms with Crippen molar-refractivity contribution in [1.82, 2.24) is 0 Å². The van der Waals surface area contributed by atoms with E-state index < -0.39 is 41.1 Å². The first-order chi connectivity index (χ1) is 13.0. The molecule has 5 nitrogen and oxygen atoms in total. The Balaban J connectivity index is 1.82. The van der Waals surface area contributed by atoms with Crippen molar-refractivity contribution >= 4 is 11.6 Å². The van der Waals surface area contributed by atoms with Gasteiger partial charge in [0, 0.05) is 16.7 Å². The van der Waals surface area contributed by atoms with Crippen molar-refractivity contribution in [1.29, 1.82) is 0 Å². The summed E-state index contributed by atoms with van der Waals surface area (Å²) in [5, 5.41) is 31.9. The molecule has 3 fully saturated rings. The van der Waals surface area contributed by atoms with Gasteiger partial charge in [0.25, 0.3) is 0 Å². The number of halogens is 1. The standard InChI is InChI=1S/C22H27FO5/c1-11-6-14-13-8-16(23)15-7-12(25)4-5-20(15,2)19(13)17(26)9-21(14,3)22(11,28)18(27)10-24/h4-5,7,13-14,16-17,19,24,26,28H,1,6,8-10H2,2-3H3/t13-,14-,16?,17?,19+,20-,21-,22-/m0/s1. The average molecular weight is 390 g/mol. The second kappa shape index (κ2) is 5.94. The SMILES string of the molecule is C=C1C[C@H]2[C@@H]3CC(F)C4=CC(=O)C=C[C@]4(C)[C@H]3C(O)C[C@]2(C)[C@@]1(O)C(=O)CO. The van der Waals surface area contributed by atoms with Crippen LogP contribution in [0.15, 0.2) is 36.0 Å². The number of ketones is 2. The van der Waals surface area contributed by atoms with Gasteiger partial charge in [-0.2, -0.15) is 0 Å². The second-order valence-corrected chi connectivity index (χ2v) is 9.41. The molecule has 3 saturated carbocycles. The van der Waals surface area contributed by atoms with E-state index in [0.717, 1.165) is 0 Å². The summed E-state index contributed by atoms with van der Waals surface area (Å²) in [6.07, 6.45) is 2.87. The molecule has 0 aliphatic heterocycles. The van der Waals surface area contributed by atoms with E-state index in [4.69, 9.17) is 0 Å². The minimum atomic E-state index is -1.93. The van der Waals surface area contributed by atoms with Gasteiger partial charge in [-0.1, -0.05) is 26.5 Å². The van der Waals surface area contributed by atoms with Gasteiger partial charge >= 0.3 is 0 Å². The van der Waals surface area contributed by atoms with Gasteiger partial charge < -0.3 is 15.3 Å². The Bertz CT molecular complexity index is 831. The fraction of sp³-hybridized carbons (Fsp3) is 0.636. The molecule has 6 heteroatoms. The third kappa shape index (κ3) is 2.17. The van der Waals surface area contributed by atoms with Crippen molar-refractivity contribution in [2.24, 2.45) is 28.6 Å². The van der Waals surface area contributed by atoms with Gasteiger partial charge in [-0.15, -0.1) is 0 Å². The lowest BCUT2D eigenvalue weighted by Gasteiger charge is -2.59. The maximum Gasteiger partial charge on any atom is 0.194 e. The molecule has 2 unspecified atom stereocenters. The molecule has 0 radical (unpaired) electrons. The van der Waals surface area contributed by atoms with E-state index in [-0.39, 0.29) is 36.4 Å². The molecule has 152 valence electrons. The molecule has 0 saturated heterocycles. The topological polar surface area (TPSA) is 94.8 Å². The van der Waals surface area contributed by atoms with Crippen LogP contribution >= 0.6 is 0 Å². The van der Waals surface area contributed by atoms with Gasteiger partial charge in [0.05, 0.1) is 6.10 Å². The number of aliphatic hydroxyl groups is 3. The molecule has 0 aromatic rings. The number of rotatable bonds is 2. The molecular formula is C22H27FO5. The predicted molar refractivity (Wildman–Crippen MR) is 99.9 cm³/mol. The van der Waals surface area contributed by atoms with Crippen LogP contribution in [0.2, 0.25) is 0 Å². The van der Waals surface area contributed by atoms with Gasteiger partial charge in [-0.25, -0.2) is 4.39 Å². The van der Waals surface area contributed by atoms with E-state index in [1.165, 1.54) is 12.2 Å². The number of carbonyl (C=O) groups is 2. The highest BCUT2D eigenvalue weighted by atomic mass is 19.1. The summed E-state index contributed by atoms with van der Waals surface area (Å²) in [6, 6.07) is 0. The van der Waals surface area contributed by atoms with Crippen molar-refractivity contribution in [3.63, 3.8) is 0 Å². The molecule has 0 bridgehead atoms. The van der Waals surface area contributed by atoms with Gasteiger partial charge in [0.15, 0.2) is 17.2 Å². The quantitative estimate of drug-likeness (QED) is 0.624. The number of carbonyl (C=O) groups excluding carboxylic acids is 2. The first kappa shape index (κ1) is 19.7. The van der Waals surface area contributed by atoms with E-state index in [2.05, 4.69) is 6.58 Å². The zero-order valence-corrected chi connectivity index (χ0v) is 16.2. The maximum atomic E-state index is 15.2. The summed E-state index contributed by atoms with van der Waals surface area (Å²) in [4.78, 5) is 24.3. The molecule has 3 N–H and O–H groups in total. The molecule has 0 heterocycles. The Labute approximate surface area is 163 Å². The smallest absolute Gasteiger partial charge is 0.194 e. The van der Waals surface area contributed by atoms with E-state index in [1.54, 1.807) is 13.0 Å². The van der Waals surface area contributed by atoms with Crippen LogP contribution in [0.1, 0.15) is 33.1 Å². The monoisotopic (exact) mass is 390 g/mol. The largest absolute Gasteiger partial charge is 0.393 e. The molecule has 28 heavy (non-hydrogen) atoms. The van der Waals surface area contributed by atoms with Crippen LogP contribution in [0, 0.1) is 28.6 Å². The number of allylic oxidation sites excluding steroid dienone is 4. The van der Waals surface area contributed by atoms with Crippen molar-refractivity contribution < 1.29 is 29.3 Å². The maximum absolute atomic E-state index is 15.2. The summed E-state index contributed by atoms with van der Waals surface area (Å²) in [5.41, 5.74) is -3.03. The fourth-order valence-corrected chi connectivity index (χ4v) is 6.92. The van der Waals surface area contributed by atoms with Crippen LogP contribution in [-0.2, 0) is 9.59 Å². The molecule has 0 spiro atoms. The fourth-order valence-electron chi connectivity index (χ4n) is 6.92. The van der Waals surface area contributed by atoms with E-state index >= 15 is 4.39 Å². The highest BCUT2D eigenvalue weighted by Crippen LogP contribution is 2.68. The molecule has 4 aliphatic carbocycles. The molecule has 4 rings (SSSR count). The van der Waals surface area contributed by atoms with Crippen molar-refractivity contribution in [3.05, 3.63) is 36.0 Å². The first-order valence-corrected chi connectivity index (χ1v) is 9.83. The lowest BCUT2D eigenvalue weighted by Crippen LogP contribution is -2.63. The Morgan fingerprint density at radius 1 is 1.39 bits per heavy atom. The van der Waals surface area contributed by atoms with Crippen LogP contribution in [0.3, 0.4) is 0 Å². The summed E-state index contributed by atoms with van der Waals surface area (Å²) in [7, 11) is 0. The van der Waals surface area contributed by atoms with Crippen molar-refractivity contribution in [2.45, 2.75) is 51.0 Å². The number of hydrogen-bond acceptors (Lipinski definition) is 5. The lowest BCUT2D eigenvalue weighted by atomic mass is 9.46. The van der Waals surface area contributed by atoms with Gasteiger partial charge in [0.1, 0.15) is 12.8 Å². The van der Waals surface area contributed by atoms with Crippen LogP contribution in [0.4, 0.5) is 4.39 Å². The average Bonchev–Trinajstić information content (AvgIpc) is 2.83. The Morgan fingerprint density at radius 3 is 2.71 bits per heavy atom. The highest BCUT2D eigenvalue weighted by molar-refractivity contribution is 6.01. The van der Waals surface area contributed by atoms with Gasteiger partial charge in [-0.05, 0) is 54.4 Å². The van der Waals surface area contributed by atoms with E-state index in [0.29, 0.717) is 17.6 Å². The van der Waals surface area contributed by atoms with Crippen LogP contribution < -0.4 is 0 Å². The lowest BCUT2D eigenvalue weighted by molar-refractivity contribution is -0.176. The normalized spacial score (nSPS) is 49.9. The number of fused-ring (bicyclic) bond motifs is 5. The molecule has 0 aromatic heterocycles. The zero-order valence-electron chi connectivity index (χ0n) is 16.2. The Hall–Kier alpha value is -1.63. The third-order valence-corrected chi connectivity index (χ3v) is 8.22. The minimum Gasteiger partial charge on any atom is -0.393 e. The number of Topliss-reactive ketones (excluding diaryl/α,β-unsaturated/α-hetero) is 1. The zero-order chi connectivity index (χ0) is 20.6. The molecule has 0 amide bonds. The molecular weight excluding hydrogens is 363 g/mol. The summed E-state index contributed by atoms with van der Waals surface area (Å²) in [6.45, 7) is 6.69.